The second kappa shape index (κ2) is 6.08. The Hall–Kier alpha value is -2.28. The van der Waals surface area contributed by atoms with Crippen molar-refractivity contribution in [1.82, 2.24) is 5.32 Å². The summed E-state index contributed by atoms with van der Waals surface area (Å²) in [4.78, 5) is 11.9. The van der Waals surface area contributed by atoms with Gasteiger partial charge >= 0.3 is 0 Å². The fourth-order valence-corrected chi connectivity index (χ4v) is 2.36. The number of amides is 1. The molecule has 0 bridgehead atoms. The van der Waals surface area contributed by atoms with Crippen LogP contribution in [0.3, 0.4) is 0 Å². The predicted octanol–water partition coefficient (Wildman–Crippen LogP) is 2.95. The topological polar surface area (TPSA) is 62.5 Å². The molecule has 124 valence electrons. The molecule has 2 N–H and O–H groups in total. The quantitative estimate of drug-likeness (QED) is 0.907. The van der Waals surface area contributed by atoms with Crippen LogP contribution < -0.4 is 5.32 Å². The molecule has 1 aromatic carbocycles. The molecule has 0 fully saturated rings. The van der Waals surface area contributed by atoms with Gasteiger partial charge in [-0.1, -0.05) is 0 Å². The van der Waals surface area contributed by atoms with Crippen molar-refractivity contribution >= 4 is 5.91 Å². The predicted molar refractivity (Wildman–Crippen MR) is 76.4 cm³/mol. The average molecular weight is 327 g/mol. The Kier molecular flexibility index (Phi) is 4.51. The molecule has 0 radical (unpaired) electrons. The van der Waals surface area contributed by atoms with Gasteiger partial charge in [-0.05, 0) is 26.8 Å². The van der Waals surface area contributed by atoms with Crippen LogP contribution in [0.25, 0.3) is 0 Å². The number of halogens is 3. The summed E-state index contributed by atoms with van der Waals surface area (Å²) in [6.07, 6.45) is 0. The summed E-state index contributed by atoms with van der Waals surface area (Å²) in [5, 5.41) is 12.7. The molecule has 2 rings (SSSR count). The molecule has 23 heavy (non-hydrogen) atoms. The van der Waals surface area contributed by atoms with Crippen molar-refractivity contribution < 1.29 is 27.5 Å². The number of aryl methyl sites for hydroxylation is 2. The number of carbonyl (C=O) groups is 1. The first kappa shape index (κ1) is 17.1. The monoisotopic (exact) mass is 327 g/mol. The molecule has 1 amide bonds. The lowest BCUT2D eigenvalue weighted by atomic mass is 9.96. The third-order valence-electron chi connectivity index (χ3n) is 3.45. The smallest absolute Gasteiger partial charge is 0.257 e. The molecule has 0 aliphatic carbocycles. The Morgan fingerprint density at radius 1 is 1.22 bits per heavy atom. The van der Waals surface area contributed by atoms with Crippen molar-refractivity contribution in [3.8, 4) is 0 Å². The van der Waals surface area contributed by atoms with E-state index in [-0.39, 0.29) is 6.54 Å². The van der Waals surface area contributed by atoms with E-state index in [0.29, 0.717) is 29.2 Å². The maximum absolute atomic E-state index is 13.6. The van der Waals surface area contributed by atoms with E-state index in [1.165, 1.54) is 6.92 Å². The lowest BCUT2D eigenvalue weighted by molar-refractivity contribution is 0.0511. The summed E-state index contributed by atoms with van der Waals surface area (Å²) in [5.74, 6) is -3.77. The molecule has 0 saturated carbocycles. The fraction of sp³-hybridized carbons (Fsp3) is 0.312. The molecule has 0 spiro atoms. The van der Waals surface area contributed by atoms with E-state index in [1.54, 1.807) is 19.9 Å². The third kappa shape index (κ3) is 3.56. The van der Waals surface area contributed by atoms with Crippen LogP contribution in [0.2, 0.25) is 0 Å². The van der Waals surface area contributed by atoms with Crippen molar-refractivity contribution in [2.75, 3.05) is 6.54 Å². The second-order valence-electron chi connectivity index (χ2n) is 5.53. The highest BCUT2D eigenvalue weighted by Crippen LogP contribution is 2.26. The van der Waals surface area contributed by atoms with Crippen molar-refractivity contribution in [3.63, 3.8) is 0 Å². The minimum atomic E-state index is -1.50. The Morgan fingerprint density at radius 3 is 2.26 bits per heavy atom. The average Bonchev–Trinajstić information content (AvgIpc) is 2.75. The van der Waals surface area contributed by atoms with E-state index in [2.05, 4.69) is 5.32 Å². The lowest BCUT2D eigenvalue weighted by Gasteiger charge is -2.23. The molecule has 1 unspecified atom stereocenters. The maximum Gasteiger partial charge on any atom is 0.257 e. The highest BCUT2D eigenvalue weighted by atomic mass is 19.1. The zero-order valence-electron chi connectivity index (χ0n) is 12.8. The molecular weight excluding hydrogens is 311 g/mol. The number of aliphatic hydroxyl groups is 1. The van der Waals surface area contributed by atoms with Crippen molar-refractivity contribution in [2.45, 2.75) is 26.4 Å². The van der Waals surface area contributed by atoms with Crippen LogP contribution >= 0.6 is 0 Å². The number of rotatable bonds is 4. The van der Waals surface area contributed by atoms with E-state index in [1.807, 2.05) is 0 Å². The van der Waals surface area contributed by atoms with Gasteiger partial charge in [0.25, 0.3) is 5.91 Å². The first-order chi connectivity index (χ1) is 10.6. The van der Waals surface area contributed by atoms with Gasteiger partial charge in [-0.3, -0.25) is 4.79 Å². The number of nitrogens with one attached hydrogen (secondary N) is 1. The van der Waals surface area contributed by atoms with E-state index < -0.39 is 34.5 Å². The molecule has 0 aliphatic heterocycles. The van der Waals surface area contributed by atoms with E-state index in [0.717, 1.165) is 0 Å². The number of carbonyl (C=O) groups excluding carboxylic acids is 1. The number of furan rings is 1. The summed E-state index contributed by atoms with van der Waals surface area (Å²) < 4.78 is 45.3. The number of hydrogen-bond donors (Lipinski definition) is 2. The van der Waals surface area contributed by atoms with Crippen molar-refractivity contribution in [1.29, 1.82) is 0 Å². The zero-order valence-corrected chi connectivity index (χ0v) is 12.8. The van der Waals surface area contributed by atoms with Gasteiger partial charge in [-0.2, -0.15) is 0 Å². The Morgan fingerprint density at radius 2 is 1.78 bits per heavy atom. The van der Waals surface area contributed by atoms with Crippen LogP contribution in [0.15, 0.2) is 22.6 Å². The van der Waals surface area contributed by atoms with E-state index in [9.17, 15) is 23.1 Å². The molecule has 2 aromatic rings. The molecule has 1 heterocycles. The van der Waals surface area contributed by atoms with Gasteiger partial charge in [-0.25, -0.2) is 13.2 Å². The van der Waals surface area contributed by atoms with Crippen LogP contribution in [0.4, 0.5) is 13.2 Å². The highest BCUT2D eigenvalue weighted by molar-refractivity contribution is 5.94. The third-order valence-corrected chi connectivity index (χ3v) is 3.45. The van der Waals surface area contributed by atoms with E-state index >= 15 is 0 Å². The lowest BCUT2D eigenvalue weighted by Crippen LogP contribution is -2.39. The van der Waals surface area contributed by atoms with Gasteiger partial charge < -0.3 is 14.8 Å². The second-order valence-corrected chi connectivity index (χ2v) is 5.53. The highest BCUT2D eigenvalue weighted by Gasteiger charge is 2.29. The molecule has 1 aromatic heterocycles. The minimum Gasteiger partial charge on any atom is -0.466 e. The summed E-state index contributed by atoms with van der Waals surface area (Å²) in [5.41, 5.74) is -1.94. The Balaban J connectivity index is 2.17. The van der Waals surface area contributed by atoms with Crippen molar-refractivity contribution in [3.05, 3.63) is 58.3 Å². The summed E-state index contributed by atoms with van der Waals surface area (Å²) in [6, 6.07) is 2.44. The first-order valence-corrected chi connectivity index (χ1v) is 6.84. The van der Waals surface area contributed by atoms with Crippen LogP contribution in [-0.2, 0) is 5.60 Å². The van der Waals surface area contributed by atoms with Gasteiger partial charge in [0.05, 0.1) is 6.54 Å². The van der Waals surface area contributed by atoms with Crippen LogP contribution in [-0.4, -0.2) is 17.6 Å². The standard InChI is InChI=1S/C16H16F3NO3/c1-8-4-11(9(2)23-8)16(3,22)7-20-15(21)14-12(18)5-10(17)6-13(14)19/h4-6,22H,7H2,1-3H3,(H,20,21). The minimum absolute atomic E-state index is 0.304. The molecule has 0 aliphatic rings. The Labute approximate surface area is 130 Å². The summed E-state index contributed by atoms with van der Waals surface area (Å²) in [7, 11) is 0. The van der Waals surface area contributed by atoms with Crippen LogP contribution in [0, 0.1) is 31.3 Å². The normalized spacial score (nSPS) is 13.7. The molecule has 0 saturated heterocycles. The molecule has 7 heteroatoms. The largest absolute Gasteiger partial charge is 0.466 e. The van der Waals surface area contributed by atoms with Gasteiger partial charge in [0.2, 0.25) is 0 Å². The van der Waals surface area contributed by atoms with E-state index in [4.69, 9.17) is 4.42 Å². The van der Waals surface area contributed by atoms with Crippen LogP contribution in [0.1, 0.15) is 34.4 Å². The number of hydrogen-bond acceptors (Lipinski definition) is 3. The van der Waals surface area contributed by atoms with Gasteiger partial charge in [-0.15, -0.1) is 0 Å². The zero-order chi connectivity index (χ0) is 17.4. The van der Waals surface area contributed by atoms with Gasteiger partial charge in [0.15, 0.2) is 0 Å². The SMILES string of the molecule is Cc1cc(C(C)(O)CNC(=O)c2c(F)cc(F)cc2F)c(C)o1. The maximum atomic E-state index is 13.6. The van der Waals surface area contributed by atoms with Crippen molar-refractivity contribution in [2.24, 2.45) is 0 Å². The Bertz CT molecular complexity index is 730. The van der Waals surface area contributed by atoms with Gasteiger partial charge in [0, 0.05) is 17.7 Å². The summed E-state index contributed by atoms with van der Waals surface area (Å²) in [6.45, 7) is 4.48. The molecule has 4 nitrogen and oxygen atoms in total. The number of benzene rings is 1. The first-order valence-electron chi connectivity index (χ1n) is 6.84. The van der Waals surface area contributed by atoms with Crippen LogP contribution in [0.5, 0.6) is 0 Å². The molecular formula is C16H16F3NO3. The molecule has 1 atom stereocenters. The van der Waals surface area contributed by atoms with Gasteiger partial charge in [0.1, 0.15) is 40.1 Å². The summed E-state index contributed by atoms with van der Waals surface area (Å²) >= 11 is 0. The fourth-order valence-electron chi connectivity index (χ4n) is 2.36.